The van der Waals surface area contributed by atoms with Crippen molar-refractivity contribution in [2.24, 2.45) is 0 Å². The van der Waals surface area contributed by atoms with E-state index in [-0.39, 0.29) is 12.5 Å². The van der Waals surface area contributed by atoms with E-state index in [0.717, 1.165) is 0 Å². The van der Waals surface area contributed by atoms with Crippen molar-refractivity contribution in [1.29, 1.82) is 0 Å². The molecular weight excluding hydrogens is 122 g/mol. The first kappa shape index (κ1) is 7.90. The maximum atomic E-state index is 10.4. The summed E-state index contributed by atoms with van der Waals surface area (Å²) < 4.78 is 0. The van der Waals surface area contributed by atoms with Gasteiger partial charge in [0, 0.05) is 7.05 Å². The highest BCUT2D eigenvalue weighted by atomic mass is 16.2. The molecule has 0 aromatic carbocycles. The predicted octanol–water partition coefficient (Wildman–Crippen LogP) is -2.02. The van der Waals surface area contributed by atoms with Crippen LogP contribution in [0.1, 0.15) is 0 Å². The average Bonchev–Trinajstić information content (AvgIpc) is 1.85. The molecule has 3 N–H and O–H groups in total. The number of rotatable bonds is 4. The topological polar surface area (TPSA) is 70.2 Å². The fourth-order valence-electron chi connectivity index (χ4n) is 0.318. The minimum absolute atomic E-state index is 0.00431. The summed E-state index contributed by atoms with van der Waals surface area (Å²) >= 11 is 0. The lowest BCUT2D eigenvalue weighted by Gasteiger charge is -1.99. The molecule has 0 aromatic rings. The van der Waals surface area contributed by atoms with E-state index in [2.05, 4.69) is 16.2 Å². The lowest BCUT2D eigenvalue weighted by atomic mass is 10.6. The number of hydrogen-bond acceptors (Lipinski definition) is 3. The fraction of sp³-hybridized carbons (Fsp3) is 0.500. The van der Waals surface area contributed by atoms with Gasteiger partial charge in [0.1, 0.15) is 0 Å². The summed E-state index contributed by atoms with van der Waals surface area (Å²) in [6, 6.07) is 0. The van der Waals surface area contributed by atoms with Gasteiger partial charge in [-0.05, 0) is 0 Å². The van der Waals surface area contributed by atoms with Crippen LogP contribution in [0, 0.1) is 0 Å². The first-order valence-electron chi connectivity index (χ1n) is 2.44. The third-order valence-electron chi connectivity index (χ3n) is 0.610. The average molecular weight is 131 g/mol. The van der Waals surface area contributed by atoms with Crippen LogP contribution in [0.3, 0.4) is 0 Å². The Bertz CT molecular complexity index is 104. The number of hydrazine groups is 1. The molecule has 0 saturated carbocycles. The number of nitrogens with one attached hydrogen (secondary N) is 3. The minimum atomic E-state index is -0.274. The minimum Gasteiger partial charge on any atom is -0.350 e. The van der Waals surface area contributed by atoms with Crippen LogP contribution < -0.4 is 16.2 Å². The Morgan fingerprint density at radius 1 is 1.67 bits per heavy atom. The molecule has 0 aliphatic rings. The molecule has 5 nitrogen and oxygen atoms in total. The Kier molecular flexibility index (Phi) is 4.43. The molecule has 0 aliphatic heterocycles. The molecule has 52 valence electrons. The van der Waals surface area contributed by atoms with Crippen molar-refractivity contribution in [3.8, 4) is 0 Å². The van der Waals surface area contributed by atoms with Crippen LogP contribution in [0.25, 0.3) is 0 Å². The monoisotopic (exact) mass is 131 g/mol. The van der Waals surface area contributed by atoms with Crippen LogP contribution in [0.5, 0.6) is 0 Å². The Balaban J connectivity index is 3.16. The van der Waals surface area contributed by atoms with Crippen molar-refractivity contribution in [3.05, 3.63) is 0 Å². The summed E-state index contributed by atoms with van der Waals surface area (Å²) in [6.07, 6.45) is 0.468. The highest BCUT2D eigenvalue weighted by molar-refractivity contribution is 5.79. The van der Waals surface area contributed by atoms with Crippen LogP contribution in [0.2, 0.25) is 0 Å². The number of amides is 2. The molecule has 0 aromatic heterocycles. The zero-order chi connectivity index (χ0) is 7.11. The standard InChI is InChI=1S/C4H9N3O2/c1-5-7-4(9)2-6-3-8/h3,5H,2H2,1H3,(H,6,8)(H,7,9). The Morgan fingerprint density at radius 2 is 2.33 bits per heavy atom. The highest BCUT2D eigenvalue weighted by Crippen LogP contribution is 1.54. The quantitative estimate of drug-likeness (QED) is 0.305. The van der Waals surface area contributed by atoms with E-state index in [4.69, 9.17) is 0 Å². The first-order chi connectivity index (χ1) is 4.31. The molecule has 0 saturated heterocycles. The van der Waals surface area contributed by atoms with Gasteiger partial charge in [-0.1, -0.05) is 0 Å². The van der Waals surface area contributed by atoms with E-state index >= 15 is 0 Å². The Labute approximate surface area is 52.8 Å². The molecule has 0 aliphatic carbocycles. The van der Waals surface area contributed by atoms with Gasteiger partial charge in [-0.2, -0.15) is 0 Å². The molecule has 0 rings (SSSR count). The predicted molar refractivity (Wildman–Crippen MR) is 31.3 cm³/mol. The van der Waals surface area contributed by atoms with E-state index in [1.54, 1.807) is 7.05 Å². The Morgan fingerprint density at radius 3 is 2.78 bits per heavy atom. The Hall–Kier alpha value is -1.10. The summed E-state index contributed by atoms with van der Waals surface area (Å²) in [5, 5.41) is 2.20. The van der Waals surface area contributed by atoms with Crippen molar-refractivity contribution < 1.29 is 9.59 Å². The van der Waals surface area contributed by atoms with Crippen molar-refractivity contribution in [1.82, 2.24) is 16.2 Å². The second kappa shape index (κ2) is 5.04. The lowest BCUT2D eigenvalue weighted by Crippen LogP contribution is -2.40. The van der Waals surface area contributed by atoms with E-state index in [9.17, 15) is 9.59 Å². The summed E-state index contributed by atoms with van der Waals surface area (Å²) in [5.74, 6) is -0.274. The molecule has 0 radical (unpaired) electrons. The summed E-state index contributed by atoms with van der Waals surface area (Å²) in [4.78, 5) is 20.0. The van der Waals surface area contributed by atoms with Gasteiger partial charge in [0.15, 0.2) is 0 Å². The van der Waals surface area contributed by atoms with Gasteiger partial charge in [-0.3, -0.25) is 15.0 Å². The molecule has 0 atom stereocenters. The zero-order valence-electron chi connectivity index (χ0n) is 5.10. The van der Waals surface area contributed by atoms with Crippen LogP contribution in [-0.4, -0.2) is 25.9 Å². The van der Waals surface area contributed by atoms with Gasteiger partial charge in [0.05, 0.1) is 6.54 Å². The third-order valence-corrected chi connectivity index (χ3v) is 0.610. The van der Waals surface area contributed by atoms with E-state index in [1.165, 1.54) is 0 Å². The van der Waals surface area contributed by atoms with Gasteiger partial charge < -0.3 is 5.32 Å². The largest absolute Gasteiger partial charge is 0.350 e. The molecule has 0 bridgehead atoms. The lowest BCUT2D eigenvalue weighted by molar-refractivity contribution is -0.122. The maximum absolute atomic E-state index is 10.4. The molecule has 0 fully saturated rings. The first-order valence-corrected chi connectivity index (χ1v) is 2.44. The van der Waals surface area contributed by atoms with Crippen molar-refractivity contribution in [2.75, 3.05) is 13.6 Å². The van der Waals surface area contributed by atoms with Gasteiger partial charge in [-0.25, -0.2) is 5.43 Å². The maximum Gasteiger partial charge on any atom is 0.253 e. The van der Waals surface area contributed by atoms with Crippen molar-refractivity contribution in [2.45, 2.75) is 0 Å². The number of carbonyl (C=O) groups is 2. The summed E-state index contributed by atoms with van der Waals surface area (Å²) in [5.41, 5.74) is 4.69. The second-order valence-electron chi connectivity index (χ2n) is 1.30. The molecule has 0 unspecified atom stereocenters. The van der Waals surface area contributed by atoms with Crippen LogP contribution in [0.15, 0.2) is 0 Å². The van der Waals surface area contributed by atoms with Crippen molar-refractivity contribution in [3.63, 3.8) is 0 Å². The fourth-order valence-corrected chi connectivity index (χ4v) is 0.318. The molecule has 0 heterocycles. The van der Waals surface area contributed by atoms with Gasteiger partial charge in [0.2, 0.25) is 6.41 Å². The van der Waals surface area contributed by atoms with Crippen LogP contribution in [0.4, 0.5) is 0 Å². The van der Waals surface area contributed by atoms with Gasteiger partial charge in [0.25, 0.3) is 5.91 Å². The zero-order valence-corrected chi connectivity index (χ0v) is 5.10. The molecule has 2 amide bonds. The number of carbonyl (C=O) groups excluding carboxylic acids is 2. The van der Waals surface area contributed by atoms with Gasteiger partial charge >= 0.3 is 0 Å². The highest BCUT2D eigenvalue weighted by Gasteiger charge is 1.93. The van der Waals surface area contributed by atoms with Crippen molar-refractivity contribution >= 4 is 12.3 Å². The molecule has 5 heteroatoms. The van der Waals surface area contributed by atoms with E-state index in [0.29, 0.717) is 6.41 Å². The number of hydrogen-bond donors (Lipinski definition) is 3. The molecular formula is C4H9N3O2. The summed E-state index contributed by atoms with van der Waals surface area (Å²) in [6.45, 7) is 0.00431. The molecule has 9 heavy (non-hydrogen) atoms. The van der Waals surface area contributed by atoms with E-state index in [1.807, 2.05) is 0 Å². The van der Waals surface area contributed by atoms with Crippen LogP contribution in [-0.2, 0) is 9.59 Å². The molecule has 0 spiro atoms. The normalized spacial score (nSPS) is 8.11. The van der Waals surface area contributed by atoms with Gasteiger partial charge in [-0.15, -0.1) is 0 Å². The van der Waals surface area contributed by atoms with Crippen LogP contribution >= 0.6 is 0 Å². The smallest absolute Gasteiger partial charge is 0.253 e. The second-order valence-corrected chi connectivity index (χ2v) is 1.30. The third kappa shape index (κ3) is 4.76. The van der Waals surface area contributed by atoms with E-state index < -0.39 is 0 Å². The summed E-state index contributed by atoms with van der Waals surface area (Å²) in [7, 11) is 1.57. The SMILES string of the molecule is CNNC(=O)CNC=O.